The van der Waals surface area contributed by atoms with Crippen LogP contribution < -0.4 is 10.6 Å². The number of fused-ring (bicyclic) bond motifs is 2. The molecule has 160 valence electrons. The average Bonchev–Trinajstić information content (AvgIpc) is 3.44. The topological polar surface area (TPSA) is 77.4 Å². The maximum Gasteiger partial charge on any atom is 0.238 e. The number of nitrogens with one attached hydrogen (secondary N) is 2. The number of carbonyl (C=O) groups is 1. The van der Waals surface area contributed by atoms with E-state index in [-0.39, 0.29) is 24.2 Å². The molecule has 1 aromatic carbocycles. The van der Waals surface area contributed by atoms with Gasteiger partial charge < -0.3 is 15.4 Å². The summed E-state index contributed by atoms with van der Waals surface area (Å²) in [4.78, 5) is 15.0. The molecule has 1 aliphatic carbocycles. The molecule has 7 heteroatoms. The van der Waals surface area contributed by atoms with E-state index in [9.17, 15) is 14.4 Å². The number of ether oxygens (including phenoxy) is 1. The first kappa shape index (κ1) is 19.9. The zero-order valence-corrected chi connectivity index (χ0v) is 17.1. The summed E-state index contributed by atoms with van der Waals surface area (Å²) >= 11 is 0. The summed E-state index contributed by atoms with van der Waals surface area (Å²) in [6, 6.07) is 7.53. The van der Waals surface area contributed by atoms with Gasteiger partial charge in [0, 0.05) is 19.0 Å². The summed E-state index contributed by atoms with van der Waals surface area (Å²) in [6.07, 6.45) is 4.45. The van der Waals surface area contributed by atoms with Gasteiger partial charge in [0.05, 0.1) is 31.4 Å². The smallest absolute Gasteiger partial charge is 0.238 e. The van der Waals surface area contributed by atoms with Gasteiger partial charge in [0.1, 0.15) is 11.9 Å². The predicted molar refractivity (Wildman–Crippen MR) is 109 cm³/mol. The Bertz CT molecular complexity index is 852. The molecule has 30 heavy (non-hydrogen) atoms. The van der Waals surface area contributed by atoms with Gasteiger partial charge in [0.25, 0.3) is 0 Å². The average molecular weight is 413 g/mol. The maximum atomic E-state index is 14.8. The van der Waals surface area contributed by atoms with Crippen LogP contribution in [0.25, 0.3) is 0 Å². The molecule has 2 N–H and O–H groups in total. The fourth-order valence-corrected chi connectivity index (χ4v) is 5.57. The minimum atomic E-state index is -0.723. The summed E-state index contributed by atoms with van der Waals surface area (Å²) < 4.78 is 20.1. The molecule has 3 aliphatic heterocycles. The Morgan fingerprint density at radius 2 is 2.23 bits per heavy atom. The predicted octanol–water partition coefficient (Wildman–Crippen LogP) is 1.71. The molecule has 1 aromatic rings. The first-order valence-corrected chi connectivity index (χ1v) is 11.2. The van der Waals surface area contributed by atoms with Crippen molar-refractivity contribution in [3.05, 3.63) is 35.1 Å². The molecule has 6 nitrogen and oxygen atoms in total. The molecule has 1 amide bonds. The molecule has 0 aromatic heterocycles. The fraction of sp³-hybridized carbons (Fsp3) is 0.652. The van der Waals surface area contributed by atoms with E-state index in [1.54, 1.807) is 12.1 Å². The highest BCUT2D eigenvalue weighted by Crippen LogP contribution is 2.35. The lowest BCUT2D eigenvalue weighted by atomic mass is 9.95. The Hall–Kier alpha value is -2.01. The number of likely N-dealkylation sites (tertiary alicyclic amines) is 1. The number of piperidine rings is 1. The van der Waals surface area contributed by atoms with E-state index in [4.69, 9.17) is 4.74 Å². The zero-order valence-electron chi connectivity index (χ0n) is 17.1. The van der Waals surface area contributed by atoms with Crippen LogP contribution in [0.3, 0.4) is 0 Å². The number of nitrogens with zero attached hydrogens (tertiary/aromatic N) is 2. The second-order valence-electron chi connectivity index (χ2n) is 9.33. The highest BCUT2D eigenvalue weighted by Gasteiger charge is 2.43. The molecular weight excluding hydrogens is 383 g/mol. The lowest BCUT2D eigenvalue weighted by Crippen LogP contribution is -2.50. The molecule has 5 atom stereocenters. The Balaban J connectivity index is 1.19. The summed E-state index contributed by atoms with van der Waals surface area (Å²) in [5.74, 6) is 0.287. The molecular formula is C23H29FN4O2. The quantitative estimate of drug-likeness (QED) is 0.744. The number of nitriles is 1. The number of hydrogen-bond acceptors (Lipinski definition) is 5. The van der Waals surface area contributed by atoms with Gasteiger partial charge >= 0.3 is 0 Å². The summed E-state index contributed by atoms with van der Waals surface area (Å²) in [5, 5.41) is 15.7. The summed E-state index contributed by atoms with van der Waals surface area (Å²) in [7, 11) is 0. The van der Waals surface area contributed by atoms with E-state index in [1.165, 1.54) is 0 Å². The van der Waals surface area contributed by atoms with E-state index in [0.717, 1.165) is 57.6 Å². The number of amides is 1. The van der Waals surface area contributed by atoms with Crippen molar-refractivity contribution < 1.29 is 13.9 Å². The second-order valence-corrected chi connectivity index (χ2v) is 9.33. The highest BCUT2D eigenvalue weighted by molar-refractivity contribution is 5.83. The SMILES string of the molecule is N#C[C@H](Cc1ccc(C2CCN(C3COC3)C2)cc1F)NC(=O)[C@H]1NC2CCC1C2. The normalized spacial score (nSPS) is 32.0. The van der Waals surface area contributed by atoms with Gasteiger partial charge in [-0.3, -0.25) is 9.69 Å². The number of benzene rings is 1. The van der Waals surface area contributed by atoms with Crippen LogP contribution in [0, 0.1) is 23.1 Å². The lowest BCUT2D eigenvalue weighted by molar-refractivity contribution is -0.124. The van der Waals surface area contributed by atoms with Crippen LogP contribution >= 0.6 is 0 Å². The van der Waals surface area contributed by atoms with E-state index < -0.39 is 6.04 Å². The molecule has 1 saturated carbocycles. The molecule has 4 fully saturated rings. The number of carbonyl (C=O) groups excluding carboxylic acids is 1. The molecule has 0 radical (unpaired) electrons. The van der Waals surface area contributed by atoms with Crippen LogP contribution in [0.5, 0.6) is 0 Å². The number of halogens is 1. The van der Waals surface area contributed by atoms with Crippen molar-refractivity contribution >= 4 is 5.91 Å². The van der Waals surface area contributed by atoms with Gasteiger partial charge in [-0.05, 0) is 61.3 Å². The molecule has 5 rings (SSSR count). The van der Waals surface area contributed by atoms with Gasteiger partial charge in [-0.2, -0.15) is 5.26 Å². The third-order valence-corrected chi connectivity index (χ3v) is 7.44. The third-order valence-electron chi connectivity index (χ3n) is 7.44. The highest BCUT2D eigenvalue weighted by atomic mass is 19.1. The first-order valence-electron chi connectivity index (χ1n) is 11.2. The van der Waals surface area contributed by atoms with Crippen LogP contribution in [-0.2, 0) is 16.0 Å². The van der Waals surface area contributed by atoms with Crippen LogP contribution in [0.1, 0.15) is 42.7 Å². The maximum absolute atomic E-state index is 14.8. The van der Waals surface area contributed by atoms with Crippen molar-refractivity contribution in [2.75, 3.05) is 26.3 Å². The molecule has 3 saturated heterocycles. The number of rotatable bonds is 6. The van der Waals surface area contributed by atoms with Crippen LogP contribution in [0.4, 0.5) is 4.39 Å². The summed E-state index contributed by atoms with van der Waals surface area (Å²) in [5.41, 5.74) is 1.50. The monoisotopic (exact) mass is 412 g/mol. The summed E-state index contributed by atoms with van der Waals surface area (Å²) in [6.45, 7) is 3.58. The van der Waals surface area contributed by atoms with Crippen molar-refractivity contribution in [2.45, 2.75) is 62.2 Å². The van der Waals surface area contributed by atoms with Crippen molar-refractivity contribution in [2.24, 2.45) is 5.92 Å². The van der Waals surface area contributed by atoms with Gasteiger partial charge in [0.15, 0.2) is 0 Å². The van der Waals surface area contributed by atoms with E-state index in [0.29, 0.717) is 29.5 Å². The Morgan fingerprint density at radius 3 is 2.87 bits per heavy atom. The Morgan fingerprint density at radius 1 is 1.37 bits per heavy atom. The third kappa shape index (κ3) is 3.84. The van der Waals surface area contributed by atoms with Crippen molar-refractivity contribution in [3.8, 4) is 6.07 Å². The van der Waals surface area contributed by atoms with Gasteiger partial charge in [-0.15, -0.1) is 0 Å². The lowest BCUT2D eigenvalue weighted by Gasteiger charge is -2.34. The molecule has 3 heterocycles. The standard InChI is InChI=1S/C23H29FN4O2/c24-21-9-14(17-5-6-28(11-17)20-12-30-13-20)1-2-15(21)7-19(10-25)27-23(29)22-16-3-4-18(8-16)26-22/h1-2,9,16-20,22,26H,3-8,11-13H2,(H,27,29)/t16?,17?,18?,19-,22-/m0/s1. The van der Waals surface area contributed by atoms with E-state index in [1.807, 2.05) is 6.07 Å². The van der Waals surface area contributed by atoms with E-state index >= 15 is 0 Å². The molecule has 4 aliphatic rings. The van der Waals surface area contributed by atoms with Gasteiger partial charge in [-0.1, -0.05) is 12.1 Å². The van der Waals surface area contributed by atoms with Crippen LogP contribution in [0.2, 0.25) is 0 Å². The van der Waals surface area contributed by atoms with Gasteiger partial charge in [0.2, 0.25) is 5.91 Å². The van der Waals surface area contributed by atoms with Crippen molar-refractivity contribution in [1.82, 2.24) is 15.5 Å². The van der Waals surface area contributed by atoms with Crippen molar-refractivity contribution in [1.29, 1.82) is 5.26 Å². The van der Waals surface area contributed by atoms with Gasteiger partial charge in [-0.25, -0.2) is 4.39 Å². The van der Waals surface area contributed by atoms with Crippen LogP contribution in [-0.4, -0.2) is 61.3 Å². The number of hydrogen-bond donors (Lipinski definition) is 2. The largest absolute Gasteiger partial charge is 0.378 e. The molecule has 2 bridgehead atoms. The zero-order chi connectivity index (χ0) is 20.7. The molecule has 0 spiro atoms. The molecule has 3 unspecified atom stereocenters. The van der Waals surface area contributed by atoms with Crippen LogP contribution in [0.15, 0.2) is 18.2 Å². The first-order chi connectivity index (χ1) is 14.6. The van der Waals surface area contributed by atoms with E-state index in [2.05, 4.69) is 21.6 Å². The van der Waals surface area contributed by atoms with Crippen molar-refractivity contribution in [3.63, 3.8) is 0 Å². The Labute approximate surface area is 176 Å². The second kappa shape index (κ2) is 8.26. The minimum Gasteiger partial charge on any atom is -0.378 e. The Kier molecular flexibility index (Phi) is 5.48. The minimum absolute atomic E-state index is 0.128. The fourth-order valence-electron chi connectivity index (χ4n) is 5.57.